The average molecular weight is 265 g/mol. The fourth-order valence-electron chi connectivity index (χ4n) is 2.39. The maximum absolute atomic E-state index is 11.3. The van der Waals surface area contributed by atoms with E-state index in [4.69, 9.17) is 0 Å². The zero-order valence-corrected chi connectivity index (χ0v) is 12.1. The van der Waals surface area contributed by atoms with Crippen molar-refractivity contribution in [1.82, 2.24) is 5.32 Å². The molecule has 1 heterocycles. The molecule has 1 aliphatic heterocycles. The minimum atomic E-state index is -0.221. The molecule has 108 valence electrons. The van der Waals surface area contributed by atoms with Gasteiger partial charge in [0.05, 0.1) is 5.92 Å². The molecule has 2 amide bonds. The molecule has 0 radical (unpaired) electrons. The van der Waals surface area contributed by atoms with Crippen LogP contribution in [0.1, 0.15) is 71.1 Å². The number of unbranched alkanes of at least 4 members (excludes halogenated alkanes) is 8. The standard InChI is InChI=1S/C16H27NO2/c1-2-3-4-5-6-7-8-9-10-11-12-14-13-15(18)17-16(14)19/h11-12,14H,2-10,13H2,1H3,(H,17,18,19). The molecule has 0 aromatic rings. The molecule has 19 heavy (non-hydrogen) atoms. The normalized spacial score (nSPS) is 19.3. The quantitative estimate of drug-likeness (QED) is 0.371. The summed E-state index contributed by atoms with van der Waals surface area (Å²) < 4.78 is 0. The summed E-state index contributed by atoms with van der Waals surface area (Å²) in [6, 6.07) is 0. The topological polar surface area (TPSA) is 46.2 Å². The van der Waals surface area contributed by atoms with Crippen molar-refractivity contribution in [2.75, 3.05) is 0 Å². The van der Waals surface area contributed by atoms with Crippen molar-refractivity contribution in [3.8, 4) is 0 Å². The van der Waals surface area contributed by atoms with Crippen LogP contribution in [0.3, 0.4) is 0 Å². The van der Waals surface area contributed by atoms with Gasteiger partial charge in [-0.2, -0.15) is 0 Å². The molecule has 0 aromatic carbocycles. The van der Waals surface area contributed by atoms with Crippen molar-refractivity contribution in [3.05, 3.63) is 12.2 Å². The van der Waals surface area contributed by atoms with Crippen molar-refractivity contribution in [1.29, 1.82) is 0 Å². The lowest BCUT2D eigenvalue weighted by Crippen LogP contribution is -2.21. The Bertz CT molecular complexity index is 310. The van der Waals surface area contributed by atoms with E-state index in [0.29, 0.717) is 6.42 Å². The van der Waals surface area contributed by atoms with Crippen LogP contribution in [0.15, 0.2) is 12.2 Å². The Kier molecular flexibility index (Phi) is 8.19. The van der Waals surface area contributed by atoms with E-state index < -0.39 is 0 Å². The van der Waals surface area contributed by atoms with Gasteiger partial charge in [-0.1, -0.05) is 64.0 Å². The Balaban J connectivity index is 1.93. The molecule has 0 aromatic heterocycles. The van der Waals surface area contributed by atoms with Crippen LogP contribution in [-0.4, -0.2) is 11.8 Å². The van der Waals surface area contributed by atoms with E-state index in [1.165, 1.54) is 51.4 Å². The molecule has 0 saturated carbocycles. The van der Waals surface area contributed by atoms with Crippen LogP contribution in [0.2, 0.25) is 0 Å². The van der Waals surface area contributed by atoms with E-state index in [1.807, 2.05) is 6.08 Å². The van der Waals surface area contributed by atoms with Gasteiger partial charge in [0.15, 0.2) is 0 Å². The smallest absolute Gasteiger partial charge is 0.233 e. The molecular formula is C16H27NO2. The van der Waals surface area contributed by atoms with Crippen LogP contribution >= 0.6 is 0 Å². The summed E-state index contributed by atoms with van der Waals surface area (Å²) in [5.41, 5.74) is 0. The van der Waals surface area contributed by atoms with E-state index in [9.17, 15) is 9.59 Å². The Morgan fingerprint density at radius 3 is 2.26 bits per heavy atom. The molecular weight excluding hydrogens is 238 g/mol. The van der Waals surface area contributed by atoms with Crippen LogP contribution in [-0.2, 0) is 9.59 Å². The number of allylic oxidation sites excluding steroid dienone is 1. The third-order valence-corrected chi connectivity index (χ3v) is 3.60. The predicted octanol–water partition coefficient (Wildman–Crippen LogP) is 3.74. The predicted molar refractivity (Wildman–Crippen MR) is 77.6 cm³/mol. The molecule has 1 fully saturated rings. The Morgan fingerprint density at radius 1 is 1.05 bits per heavy atom. The highest BCUT2D eigenvalue weighted by Gasteiger charge is 2.27. The van der Waals surface area contributed by atoms with Crippen LogP contribution in [0, 0.1) is 5.92 Å². The van der Waals surface area contributed by atoms with E-state index in [2.05, 4.69) is 18.3 Å². The molecule has 1 rings (SSSR count). The van der Waals surface area contributed by atoms with Gasteiger partial charge in [-0.05, 0) is 12.8 Å². The van der Waals surface area contributed by atoms with Crippen molar-refractivity contribution in [2.45, 2.75) is 71.1 Å². The van der Waals surface area contributed by atoms with Crippen molar-refractivity contribution < 1.29 is 9.59 Å². The molecule has 1 aliphatic rings. The number of carbonyl (C=O) groups excluding carboxylic acids is 2. The lowest BCUT2D eigenvalue weighted by atomic mass is 10.0. The molecule has 3 heteroatoms. The van der Waals surface area contributed by atoms with Gasteiger partial charge < -0.3 is 0 Å². The lowest BCUT2D eigenvalue weighted by Gasteiger charge is -2.00. The van der Waals surface area contributed by atoms with E-state index in [1.54, 1.807) is 0 Å². The molecule has 1 unspecified atom stereocenters. The molecule has 1 atom stereocenters. The monoisotopic (exact) mass is 265 g/mol. The van der Waals surface area contributed by atoms with Gasteiger partial charge in [0.2, 0.25) is 11.8 Å². The Labute approximate surface area is 116 Å². The largest absolute Gasteiger partial charge is 0.296 e. The van der Waals surface area contributed by atoms with E-state index >= 15 is 0 Å². The number of rotatable bonds is 10. The highest BCUT2D eigenvalue weighted by Crippen LogP contribution is 2.14. The Morgan fingerprint density at radius 2 is 1.68 bits per heavy atom. The minimum Gasteiger partial charge on any atom is -0.296 e. The third kappa shape index (κ3) is 7.14. The van der Waals surface area contributed by atoms with Crippen LogP contribution in [0.5, 0.6) is 0 Å². The molecule has 0 spiro atoms. The molecule has 3 nitrogen and oxygen atoms in total. The second-order valence-corrected chi connectivity index (χ2v) is 5.41. The lowest BCUT2D eigenvalue weighted by molar-refractivity contribution is -0.125. The maximum atomic E-state index is 11.3. The number of hydrogen-bond donors (Lipinski definition) is 1. The summed E-state index contributed by atoms with van der Waals surface area (Å²) in [6.45, 7) is 2.24. The molecule has 1 saturated heterocycles. The number of carbonyl (C=O) groups is 2. The van der Waals surface area contributed by atoms with Gasteiger partial charge >= 0.3 is 0 Å². The summed E-state index contributed by atoms with van der Waals surface area (Å²) in [5.74, 6) is -0.509. The van der Waals surface area contributed by atoms with E-state index in [-0.39, 0.29) is 17.7 Å². The van der Waals surface area contributed by atoms with Gasteiger partial charge in [0.25, 0.3) is 0 Å². The van der Waals surface area contributed by atoms with Gasteiger partial charge in [-0.15, -0.1) is 0 Å². The number of amides is 2. The summed E-state index contributed by atoms with van der Waals surface area (Å²) in [6.07, 6.45) is 15.8. The first-order valence-electron chi connectivity index (χ1n) is 7.74. The maximum Gasteiger partial charge on any atom is 0.233 e. The van der Waals surface area contributed by atoms with Gasteiger partial charge in [-0.3, -0.25) is 14.9 Å². The second-order valence-electron chi connectivity index (χ2n) is 5.41. The number of imide groups is 1. The highest BCUT2D eigenvalue weighted by molar-refractivity contribution is 6.04. The van der Waals surface area contributed by atoms with Crippen molar-refractivity contribution in [2.24, 2.45) is 5.92 Å². The van der Waals surface area contributed by atoms with Crippen LogP contribution in [0.25, 0.3) is 0 Å². The number of nitrogens with one attached hydrogen (secondary N) is 1. The molecule has 0 bridgehead atoms. The van der Waals surface area contributed by atoms with Gasteiger partial charge in [0, 0.05) is 6.42 Å². The summed E-state index contributed by atoms with van der Waals surface area (Å²) in [7, 11) is 0. The van der Waals surface area contributed by atoms with Gasteiger partial charge in [-0.25, -0.2) is 0 Å². The van der Waals surface area contributed by atoms with Crippen molar-refractivity contribution in [3.63, 3.8) is 0 Å². The first-order valence-corrected chi connectivity index (χ1v) is 7.74. The summed E-state index contributed by atoms with van der Waals surface area (Å²) in [5, 5.41) is 2.32. The third-order valence-electron chi connectivity index (χ3n) is 3.60. The first kappa shape index (κ1) is 15.9. The highest BCUT2D eigenvalue weighted by atomic mass is 16.2. The Hall–Kier alpha value is -1.12. The van der Waals surface area contributed by atoms with Crippen LogP contribution in [0.4, 0.5) is 0 Å². The number of hydrogen-bond acceptors (Lipinski definition) is 2. The zero-order valence-electron chi connectivity index (χ0n) is 12.1. The van der Waals surface area contributed by atoms with Gasteiger partial charge in [0.1, 0.15) is 0 Å². The molecule has 1 N–H and O–H groups in total. The van der Waals surface area contributed by atoms with Crippen LogP contribution < -0.4 is 5.32 Å². The fourth-order valence-corrected chi connectivity index (χ4v) is 2.39. The minimum absolute atomic E-state index is 0.142. The SMILES string of the molecule is CCCCCCCCCCC=CC1CC(=O)NC1=O. The summed E-state index contributed by atoms with van der Waals surface area (Å²) in [4.78, 5) is 22.3. The van der Waals surface area contributed by atoms with Crippen molar-refractivity contribution >= 4 is 11.8 Å². The zero-order chi connectivity index (χ0) is 13.9. The fraction of sp³-hybridized carbons (Fsp3) is 0.750. The summed E-state index contributed by atoms with van der Waals surface area (Å²) >= 11 is 0. The average Bonchev–Trinajstić information content (AvgIpc) is 2.70. The second kappa shape index (κ2) is 9.76. The molecule has 0 aliphatic carbocycles. The van der Waals surface area contributed by atoms with E-state index in [0.717, 1.165) is 6.42 Å². The first-order chi connectivity index (χ1) is 9.24.